The maximum absolute atomic E-state index is 4.34. The quantitative estimate of drug-likeness (QED) is 0.464. The third-order valence-corrected chi connectivity index (χ3v) is 5.25. The Bertz CT molecular complexity index is 824. The fraction of sp³-hybridized carbons (Fsp3) is 0.333. The number of hydrogen-bond donors (Lipinski definition) is 2. The molecule has 1 atom stereocenters. The maximum Gasteiger partial charge on any atom is 0.191 e. The van der Waals surface area contributed by atoms with Crippen molar-refractivity contribution in [2.75, 3.05) is 13.6 Å². The third-order valence-electron chi connectivity index (χ3n) is 4.35. The predicted molar refractivity (Wildman–Crippen MR) is 113 cm³/mol. The van der Waals surface area contributed by atoms with Gasteiger partial charge in [-0.25, -0.2) is 4.98 Å². The molecule has 0 saturated carbocycles. The van der Waals surface area contributed by atoms with Crippen LogP contribution in [0.5, 0.6) is 0 Å². The average molecular weight is 382 g/mol. The first-order valence-electron chi connectivity index (χ1n) is 9.23. The van der Waals surface area contributed by atoms with E-state index in [2.05, 4.69) is 73.9 Å². The molecule has 0 fully saturated rings. The summed E-state index contributed by atoms with van der Waals surface area (Å²) in [6.07, 6.45) is 6.72. The standard InChI is InChI=1S/C21H27N5S/c1-17(11-20-7-4-10-27-20)13-24-21(22-2)25-14-18-5-3-6-19(12-18)15-26-9-8-23-16-26/h3-10,12,16-17H,11,13-15H2,1-2H3,(H2,22,24,25). The predicted octanol–water partition coefficient (Wildman–Crippen LogP) is 3.54. The molecule has 0 bridgehead atoms. The monoisotopic (exact) mass is 381 g/mol. The van der Waals surface area contributed by atoms with Crippen LogP contribution in [0.2, 0.25) is 0 Å². The van der Waals surface area contributed by atoms with Gasteiger partial charge >= 0.3 is 0 Å². The minimum Gasteiger partial charge on any atom is -0.356 e. The minimum atomic E-state index is 0.556. The van der Waals surface area contributed by atoms with Crippen molar-refractivity contribution >= 4 is 17.3 Å². The number of aromatic nitrogens is 2. The van der Waals surface area contributed by atoms with Crippen molar-refractivity contribution in [3.8, 4) is 0 Å². The summed E-state index contributed by atoms with van der Waals surface area (Å²) < 4.78 is 2.07. The van der Waals surface area contributed by atoms with Crippen LogP contribution >= 0.6 is 11.3 Å². The van der Waals surface area contributed by atoms with Crippen LogP contribution in [-0.4, -0.2) is 29.1 Å². The first kappa shape index (κ1) is 19.2. The molecule has 0 radical (unpaired) electrons. The Hall–Kier alpha value is -2.60. The van der Waals surface area contributed by atoms with Crippen LogP contribution < -0.4 is 10.6 Å². The summed E-state index contributed by atoms with van der Waals surface area (Å²) >= 11 is 1.82. The second kappa shape index (κ2) is 9.92. The van der Waals surface area contributed by atoms with Gasteiger partial charge in [0.05, 0.1) is 6.33 Å². The molecule has 2 aromatic heterocycles. The molecule has 0 aliphatic carbocycles. The number of benzene rings is 1. The van der Waals surface area contributed by atoms with E-state index in [-0.39, 0.29) is 0 Å². The molecule has 3 aromatic rings. The van der Waals surface area contributed by atoms with Gasteiger partial charge in [-0.05, 0) is 34.9 Å². The number of nitrogens with zero attached hydrogens (tertiary/aromatic N) is 3. The molecule has 27 heavy (non-hydrogen) atoms. The molecule has 0 aliphatic heterocycles. The zero-order valence-electron chi connectivity index (χ0n) is 15.9. The zero-order chi connectivity index (χ0) is 18.9. The molecule has 0 saturated heterocycles. The number of rotatable bonds is 8. The zero-order valence-corrected chi connectivity index (χ0v) is 16.7. The Labute approximate surface area is 165 Å². The molecule has 6 heteroatoms. The van der Waals surface area contributed by atoms with Gasteiger partial charge in [0.25, 0.3) is 0 Å². The molecule has 2 N–H and O–H groups in total. The number of aliphatic imine (C=N–C) groups is 1. The lowest BCUT2D eigenvalue weighted by molar-refractivity contribution is 0.562. The largest absolute Gasteiger partial charge is 0.356 e. The number of guanidine groups is 1. The summed E-state index contributed by atoms with van der Waals surface area (Å²) in [6.45, 7) is 4.75. The second-order valence-electron chi connectivity index (χ2n) is 6.75. The average Bonchev–Trinajstić information content (AvgIpc) is 3.36. The molecular weight excluding hydrogens is 354 g/mol. The van der Waals surface area contributed by atoms with Gasteiger partial charge in [-0.15, -0.1) is 11.3 Å². The Morgan fingerprint density at radius 2 is 2.11 bits per heavy atom. The molecule has 1 aromatic carbocycles. The highest BCUT2D eigenvalue weighted by molar-refractivity contribution is 7.09. The Kier molecular flexibility index (Phi) is 7.04. The van der Waals surface area contributed by atoms with Crippen molar-refractivity contribution in [2.45, 2.75) is 26.4 Å². The fourth-order valence-electron chi connectivity index (χ4n) is 2.95. The van der Waals surface area contributed by atoms with Crippen molar-refractivity contribution < 1.29 is 0 Å². The number of hydrogen-bond acceptors (Lipinski definition) is 3. The lowest BCUT2D eigenvalue weighted by Crippen LogP contribution is -2.39. The summed E-state index contributed by atoms with van der Waals surface area (Å²) in [5.74, 6) is 1.40. The van der Waals surface area contributed by atoms with Gasteiger partial charge in [-0.2, -0.15) is 0 Å². The first-order valence-corrected chi connectivity index (χ1v) is 10.1. The van der Waals surface area contributed by atoms with Gasteiger partial charge in [0, 0.05) is 44.0 Å². The van der Waals surface area contributed by atoms with Gasteiger partial charge in [0.15, 0.2) is 5.96 Å². The van der Waals surface area contributed by atoms with Gasteiger partial charge in [-0.1, -0.05) is 37.3 Å². The van der Waals surface area contributed by atoms with E-state index in [0.717, 1.165) is 32.0 Å². The van der Waals surface area contributed by atoms with E-state index >= 15 is 0 Å². The van der Waals surface area contributed by atoms with Gasteiger partial charge in [-0.3, -0.25) is 4.99 Å². The summed E-state index contributed by atoms with van der Waals surface area (Å²) in [6, 6.07) is 12.9. The van der Waals surface area contributed by atoms with Gasteiger partial charge in [0.1, 0.15) is 0 Å². The highest BCUT2D eigenvalue weighted by Gasteiger charge is 2.06. The first-order chi connectivity index (χ1) is 13.2. The third kappa shape index (κ3) is 6.25. The van der Waals surface area contributed by atoms with Crippen molar-refractivity contribution in [3.63, 3.8) is 0 Å². The normalized spacial score (nSPS) is 12.7. The fourth-order valence-corrected chi connectivity index (χ4v) is 3.82. The van der Waals surface area contributed by atoms with Gasteiger partial charge < -0.3 is 15.2 Å². The molecule has 5 nitrogen and oxygen atoms in total. The number of thiophene rings is 1. The Morgan fingerprint density at radius 1 is 1.22 bits per heavy atom. The minimum absolute atomic E-state index is 0.556. The van der Waals surface area contributed by atoms with Crippen molar-refractivity contribution in [2.24, 2.45) is 10.9 Å². The van der Waals surface area contributed by atoms with Crippen LogP contribution in [0.4, 0.5) is 0 Å². The van der Waals surface area contributed by atoms with Crippen molar-refractivity contribution in [3.05, 3.63) is 76.5 Å². The smallest absolute Gasteiger partial charge is 0.191 e. The molecule has 0 aliphatic rings. The SMILES string of the molecule is CN=C(NCc1cccc(Cn2ccnc2)c1)NCC(C)Cc1cccs1. The maximum atomic E-state index is 4.34. The molecular formula is C21H27N5S. The number of imidazole rings is 1. The number of nitrogens with one attached hydrogen (secondary N) is 2. The van der Waals surface area contributed by atoms with E-state index in [1.165, 1.54) is 16.0 Å². The summed E-state index contributed by atoms with van der Waals surface area (Å²) in [7, 11) is 1.81. The van der Waals surface area contributed by atoms with E-state index in [1.54, 1.807) is 6.20 Å². The van der Waals surface area contributed by atoms with Crippen molar-refractivity contribution in [1.29, 1.82) is 0 Å². The summed E-state index contributed by atoms with van der Waals surface area (Å²) in [4.78, 5) is 9.87. The van der Waals surface area contributed by atoms with Crippen LogP contribution in [0.3, 0.4) is 0 Å². The molecule has 2 heterocycles. The molecule has 0 spiro atoms. The van der Waals surface area contributed by atoms with Crippen LogP contribution in [0.25, 0.3) is 0 Å². The Balaban J connectivity index is 1.46. The lowest BCUT2D eigenvalue weighted by atomic mass is 10.1. The van der Waals surface area contributed by atoms with Crippen LogP contribution in [0.1, 0.15) is 22.9 Å². The van der Waals surface area contributed by atoms with E-state index in [4.69, 9.17) is 0 Å². The molecule has 1 unspecified atom stereocenters. The lowest BCUT2D eigenvalue weighted by Gasteiger charge is -2.16. The topological polar surface area (TPSA) is 54.2 Å². The van der Waals surface area contributed by atoms with Crippen LogP contribution in [-0.2, 0) is 19.5 Å². The Morgan fingerprint density at radius 3 is 2.85 bits per heavy atom. The van der Waals surface area contributed by atoms with E-state index in [1.807, 2.05) is 30.9 Å². The summed E-state index contributed by atoms with van der Waals surface area (Å²) in [5.41, 5.74) is 2.50. The molecule has 142 valence electrons. The second-order valence-corrected chi connectivity index (χ2v) is 7.78. The van der Waals surface area contributed by atoms with E-state index in [0.29, 0.717) is 5.92 Å². The highest BCUT2D eigenvalue weighted by Crippen LogP contribution is 2.13. The van der Waals surface area contributed by atoms with Crippen LogP contribution in [0, 0.1) is 5.92 Å². The van der Waals surface area contributed by atoms with Crippen LogP contribution in [0.15, 0.2) is 65.5 Å². The molecule has 0 amide bonds. The van der Waals surface area contributed by atoms with E-state index < -0.39 is 0 Å². The highest BCUT2D eigenvalue weighted by atomic mass is 32.1. The molecule has 3 rings (SSSR count). The summed E-state index contributed by atoms with van der Waals surface area (Å²) in [5, 5.41) is 8.98. The van der Waals surface area contributed by atoms with E-state index in [9.17, 15) is 0 Å². The van der Waals surface area contributed by atoms with Crippen molar-refractivity contribution in [1.82, 2.24) is 20.2 Å². The van der Waals surface area contributed by atoms with Gasteiger partial charge in [0.2, 0.25) is 0 Å².